The zero-order valence-corrected chi connectivity index (χ0v) is 15.2. The summed E-state index contributed by atoms with van der Waals surface area (Å²) < 4.78 is 20.4. The van der Waals surface area contributed by atoms with E-state index in [-0.39, 0.29) is 18.3 Å². The van der Waals surface area contributed by atoms with Gasteiger partial charge < -0.3 is 15.0 Å². The fourth-order valence-corrected chi connectivity index (χ4v) is 5.38. The van der Waals surface area contributed by atoms with Gasteiger partial charge in [-0.1, -0.05) is 6.07 Å². The second-order valence-electron chi connectivity index (χ2n) is 7.00. The van der Waals surface area contributed by atoms with E-state index < -0.39 is 0 Å². The van der Waals surface area contributed by atoms with E-state index in [0.717, 1.165) is 43.7 Å². The van der Waals surface area contributed by atoms with E-state index in [9.17, 15) is 9.18 Å². The number of hydrogen-bond acceptors (Lipinski definition) is 4. The standard InChI is InChI=1S/C19H23FN2O2S/c1-24-11-14-17-15(20)3-2-4-16(17)25-18(14)19(23)22-7-5-12-9-21-10-13(12)6-8-22/h2-4,12-13,21H,5-11H2,1H3/t12-,13+. The van der Waals surface area contributed by atoms with Crippen molar-refractivity contribution in [2.45, 2.75) is 19.4 Å². The topological polar surface area (TPSA) is 41.6 Å². The van der Waals surface area contributed by atoms with E-state index in [4.69, 9.17) is 4.74 Å². The quantitative estimate of drug-likeness (QED) is 0.911. The Bertz CT molecular complexity index is 777. The molecule has 2 aromatic rings. The van der Waals surface area contributed by atoms with Crippen molar-refractivity contribution >= 4 is 27.3 Å². The number of nitrogens with zero attached hydrogens (tertiary/aromatic N) is 1. The highest BCUT2D eigenvalue weighted by Gasteiger charge is 2.33. The molecular weight excluding hydrogens is 339 g/mol. The van der Waals surface area contributed by atoms with Crippen molar-refractivity contribution in [1.29, 1.82) is 0 Å². The molecule has 1 aromatic carbocycles. The minimum Gasteiger partial charge on any atom is -0.380 e. The highest BCUT2D eigenvalue weighted by molar-refractivity contribution is 7.21. The number of hydrogen-bond donors (Lipinski definition) is 1. The summed E-state index contributed by atoms with van der Waals surface area (Å²) in [6, 6.07) is 5.01. The predicted octanol–water partition coefficient (Wildman–Crippen LogP) is 3.26. The molecule has 2 aliphatic heterocycles. The lowest BCUT2D eigenvalue weighted by atomic mass is 9.92. The SMILES string of the molecule is COCc1c(C(=O)N2CC[C@@H]3CNC[C@@H]3CC2)sc2cccc(F)c12. The third-order valence-corrected chi connectivity index (χ3v) is 6.74. The van der Waals surface area contributed by atoms with E-state index in [1.807, 2.05) is 11.0 Å². The smallest absolute Gasteiger partial charge is 0.264 e. The zero-order chi connectivity index (χ0) is 17.4. The van der Waals surface area contributed by atoms with Crippen LogP contribution < -0.4 is 5.32 Å². The van der Waals surface area contributed by atoms with Crippen molar-refractivity contribution in [1.82, 2.24) is 10.2 Å². The first-order valence-corrected chi connectivity index (χ1v) is 9.69. The Morgan fingerprint density at radius 2 is 2.04 bits per heavy atom. The molecule has 1 amide bonds. The van der Waals surface area contributed by atoms with Crippen LogP contribution in [0.2, 0.25) is 0 Å². The van der Waals surface area contributed by atoms with Crippen LogP contribution in [0.3, 0.4) is 0 Å². The van der Waals surface area contributed by atoms with Gasteiger partial charge >= 0.3 is 0 Å². The highest BCUT2D eigenvalue weighted by atomic mass is 32.1. The van der Waals surface area contributed by atoms with Gasteiger partial charge in [-0.05, 0) is 49.9 Å². The van der Waals surface area contributed by atoms with Crippen LogP contribution in [0.15, 0.2) is 18.2 Å². The zero-order valence-electron chi connectivity index (χ0n) is 14.4. The molecule has 0 aliphatic carbocycles. The summed E-state index contributed by atoms with van der Waals surface area (Å²) in [6.45, 7) is 3.95. The number of fused-ring (bicyclic) bond motifs is 2. The monoisotopic (exact) mass is 362 g/mol. The van der Waals surface area contributed by atoms with Crippen LogP contribution in [0.1, 0.15) is 28.1 Å². The number of thiophene rings is 1. The Labute approximate surface area is 151 Å². The molecule has 2 aliphatic rings. The maximum absolute atomic E-state index is 14.3. The maximum atomic E-state index is 14.3. The molecule has 2 fully saturated rings. The van der Waals surface area contributed by atoms with Crippen LogP contribution in [0.25, 0.3) is 10.1 Å². The number of likely N-dealkylation sites (tertiary alicyclic amines) is 1. The minimum absolute atomic E-state index is 0.0283. The number of carbonyl (C=O) groups is 1. The van der Waals surface area contributed by atoms with Crippen molar-refractivity contribution in [3.63, 3.8) is 0 Å². The first kappa shape index (κ1) is 16.9. The van der Waals surface area contributed by atoms with Crippen LogP contribution in [0.4, 0.5) is 4.39 Å². The Hall–Kier alpha value is -1.50. The van der Waals surface area contributed by atoms with Gasteiger partial charge in [-0.25, -0.2) is 4.39 Å². The van der Waals surface area contributed by atoms with Crippen LogP contribution in [-0.2, 0) is 11.3 Å². The Morgan fingerprint density at radius 3 is 2.72 bits per heavy atom. The summed E-state index contributed by atoms with van der Waals surface area (Å²) >= 11 is 1.38. The van der Waals surface area contributed by atoms with E-state index in [2.05, 4.69) is 5.32 Å². The fraction of sp³-hybridized carbons (Fsp3) is 0.526. The molecular formula is C19H23FN2O2S. The molecule has 1 aromatic heterocycles. The molecule has 6 heteroatoms. The Balaban J connectivity index is 1.65. The van der Waals surface area contributed by atoms with Gasteiger partial charge in [0.2, 0.25) is 0 Å². The molecule has 4 nitrogen and oxygen atoms in total. The van der Waals surface area contributed by atoms with E-state index >= 15 is 0 Å². The normalized spacial score (nSPS) is 23.7. The molecule has 0 bridgehead atoms. The number of amides is 1. The molecule has 4 rings (SSSR count). The summed E-state index contributed by atoms with van der Waals surface area (Å²) in [5.74, 6) is 1.10. The summed E-state index contributed by atoms with van der Waals surface area (Å²) in [5.41, 5.74) is 0.691. The lowest BCUT2D eigenvalue weighted by Crippen LogP contribution is -2.32. The number of carbonyl (C=O) groups excluding carboxylic acids is 1. The van der Waals surface area contributed by atoms with Gasteiger partial charge in [0.15, 0.2) is 0 Å². The molecule has 2 atom stereocenters. The third kappa shape index (κ3) is 3.07. The van der Waals surface area contributed by atoms with Gasteiger partial charge in [0.05, 0.1) is 11.5 Å². The average molecular weight is 362 g/mol. The molecule has 1 N–H and O–H groups in total. The van der Waals surface area contributed by atoms with Gasteiger partial charge in [0.25, 0.3) is 5.91 Å². The van der Waals surface area contributed by atoms with E-state index in [1.165, 1.54) is 17.4 Å². The van der Waals surface area contributed by atoms with Gasteiger partial charge in [0.1, 0.15) is 5.82 Å². The van der Waals surface area contributed by atoms with Gasteiger partial charge in [-0.15, -0.1) is 11.3 Å². The Morgan fingerprint density at radius 1 is 1.32 bits per heavy atom. The Kier molecular flexibility index (Phi) is 4.75. The number of rotatable bonds is 3. The largest absolute Gasteiger partial charge is 0.380 e. The fourth-order valence-electron chi connectivity index (χ4n) is 4.19. The number of nitrogens with one attached hydrogen (secondary N) is 1. The van der Waals surface area contributed by atoms with Gasteiger partial charge in [0, 0.05) is 35.8 Å². The van der Waals surface area contributed by atoms with E-state index in [0.29, 0.717) is 27.7 Å². The van der Waals surface area contributed by atoms with Crippen LogP contribution >= 0.6 is 11.3 Å². The second kappa shape index (κ2) is 7.02. The van der Waals surface area contributed by atoms with Crippen molar-refractivity contribution in [3.05, 3.63) is 34.5 Å². The number of ether oxygens (including phenoxy) is 1. The maximum Gasteiger partial charge on any atom is 0.264 e. The van der Waals surface area contributed by atoms with Crippen LogP contribution in [-0.4, -0.2) is 44.1 Å². The van der Waals surface area contributed by atoms with Crippen LogP contribution in [0, 0.1) is 17.7 Å². The van der Waals surface area contributed by atoms with Crippen molar-refractivity contribution in [2.24, 2.45) is 11.8 Å². The van der Waals surface area contributed by atoms with Gasteiger partial charge in [-0.2, -0.15) is 0 Å². The lowest BCUT2D eigenvalue weighted by Gasteiger charge is -2.21. The summed E-state index contributed by atoms with van der Waals surface area (Å²) in [4.78, 5) is 15.8. The average Bonchev–Trinajstić information content (AvgIpc) is 3.15. The van der Waals surface area contributed by atoms with Crippen molar-refractivity contribution in [2.75, 3.05) is 33.3 Å². The van der Waals surface area contributed by atoms with Crippen LogP contribution in [0.5, 0.6) is 0 Å². The molecule has 0 radical (unpaired) electrons. The second-order valence-corrected chi connectivity index (χ2v) is 8.06. The lowest BCUT2D eigenvalue weighted by molar-refractivity contribution is 0.0759. The van der Waals surface area contributed by atoms with Gasteiger partial charge in [-0.3, -0.25) is 4.79 Å². The first-order valence-electron chi connectivity index (χ1n) is 8.88. The molecule has 2 saturated heterocycles. The molecule has 0 saturated carbocycles. The highest BCUT2D eigenvalue weighted by Crippen LogP contribution is 2.35. The molecule has 0 spiro atoms. The molecule has 3 heterocycles. The minimum atomic E-state index is -0.281. The van der Waals surface area contributed by atoms with Crippen molar-refractivity contribution in [3.8, 4) is 0 Å². The number of methoxy groups -OCH3 is 1. The number of benzene rings is 1. The predicted molar refractivity (Wildman–Crippen MR) is 97.5 cm³/mol. The van der Waals surface area contributed by atoms with E-state index in [1.54, 1.807) is 13.2 Å². The summed E-state index contributed by atoms with van der Waals surface area (Å²) in [6.07, 6.45) is 2.09. The summed E-state index contributed by atoms with van der Waals surface area (Å²) in [7, 11) is 1.58. The first-order chi connectivity index (χ1) is 12.2. The van der Waals surface area contributed by atoms with Crippen molar-refractivity contribution < 1.29 is 13.9 Å². The molecule has 25 heavy (non-hydrogen) atoms. The molecule has 0 unspecified atom stereocenters. The molecule has 134 valence electrons. The number of halogens is 1. The summed E-state index contributed by atoms with van der Waals surface area (Å²) in [5, 5.41) is 3.99. The third-order valence-electron chi connectivity index (χ3n) is 5.55.